The van der Waals surface area contributed by atoms with Gasteiger partial charge in [0.15, 0.2) is 5.76 Å². The Morgan fingerprint density at radius 2 is 1.93 bits per heavy atom. The Labute approximate surface area is 168 Å². The SMILES string of the molecule is O=C(COCc1cc(-c2cccs2)on1)N1CCN(Cc2ccccc2)CC1. The number of rotatable bonds is 7. The van der Waals surface area contributed by atoms with Gasteiger partial charge in [0.25, 0.3) is 0 Å². The zero-order chi connectivity index (χ0) is 19.2. The van der Waals surface area contributed by atoms with Crippen molar-refractivity contribution in [3.05, 3.63) is 65.2 Å². The molecule has 1 aromatic carbocycles. The fourth-order valence-corrected chi connectivity index (χ4v) is 3.92. The molecule has 7 heteroatoms. The Kier molecular flexibility index (Phi) is 6.16. The first kappa shape index (κ1) is 18.9. The van der Waals surface area contributed by atoms with Gasteiger partial charge in [-0.05, 0) is 17.0 Å². The van der Waals surface area contributed by atoms with Crippen LogP contribution in [0.4, 0.5) is 0 Å². The molecule has 0 unspecified atom stereocenters. The number of hydrogen-bond donors (Lipinski definition) is 0. The number of piperazine rings is 1. The lowest BCUT2D eigenvalue weighted by molar-refractivity contribution is -0.138. The van der Waals surface area contributed by atoms with Gasteiger partial charge in [0.05, 0.1) is 11.5 Å². The number of carbonyl (C=O) groups is 1. The topological polar surface area (TPSA) is 58.8 Å². The molecule has 1 aliphatic heterocycles. The van der Waals surface area contributed by atoms with Gasteiger partial charge in [0.1, 0.15) is 12.3 Å². The van der Waals surface area contributed by atoms with Crippen LogP contribution in [0.2, 0.25) is 0 Å². The summed E-state index contributed by atoms with van der Waals surface area (Å²) >= 11 is 1.60. The molecule has 4 rings (SSSR count). The van der Waals surface area contributed by atoms with Gasteiger partial charge < -0.3 is 14.2 Å². The molecular formula is C21H23N3O3S. The predicted octanol–water partition coefficient (Wildman–Crippen LogP) is 3.26. The van der Waals surface area contributed by atoms with Gasteiger partial charge in [-0.1, -0.05) is 41.6 Å². The van der Waals surface area contributed by atoms with E-state index in [0.29, 0.717) is 5.69 Å². The van der Waals surface area contributed by atoms with Crippen molar-refractivity contribution >= 4 is 17.2 Å². The molecule has 0 bridgehead atoms. The highest BCUT2D eigenvalue weighted by Crippen LogP contribution is 2.25. The quantitative estimate of drug-likeness (QED) is 0.612. The first-order chi connectivity index (χ1) is 13.8. The van der Waals surface area contributed by atoms with Crippen LogP contribution in [0, 0.1) is 0 Å². The Morgan fingerprint density at radius 3 is 2.68 bits per heavy atom. The van der Waals surface area contributed by atoms with Crippen LogP contribution in [0.1, 0.15) is 11.3 Å². The minimum absolute atomic E-state index is 0.0290. The van der Waals surface area contributed by atoms with E-state index in [4.69, 9.17) is 9.26 Å². The summed E-state index contributed by atoms with van der Waals surface area (Å²) in [6.45, 7) is 4.51. The van der Waals surface area contributed by atoms with Crippen molar-refractivity contribution in [1.29, 1.82) is 0 Å². The van der Waals surface area contributed by atoms with E-state index in [1.54, 1.807) is 11.3 Å². The van der Waals surface area contributed by atoms with Crippen molar-refractivity contribution in [2.45, 2.75) is 13.2 Å². The van der Waals surface area contributed by atoms with Gasteiger partial charge in [-0.3, -0.25) is 9.69 Å². The van der Waals surface area contributed by atoms with Crippen LogP contribution in [0.5, 0.6) is 0 Å². The maximum absolute atomic E-state index is 12.4. The normalized spacial score (nSPS) is 15.1. The third kappa shape index (κ3) is 4.86. The van der Waals surface area contributed by atoms with Gasteiger partial charge in [-0.15, -0.1) is 11.3 Å². The third-order valence-corrected chi connectivity index (χ3v) is 5.66. The van der Waals surface area contributed by atoms with Crippen LogP contribution in [0.15, 0.2) is 58.4 Å². The monoisotopic (exact) mass is 397 g/mol. The zero-order valence-corrected chi connectivity index (χ0v) is 16.4. The zero-order valence-electron chi connectivity index (χ0n) is 15.6. The molecule has 3 aromatic rings. The van der Waals surface area contributed by atoms with Gasteiger partial charge >= 0.3 is 0 Å². The Hall–Kier alpha value is -2.48. The molecule has 0 atom stereocenters. The second kappa shape index (κ2) is 9.14. The number of benzene rings is 1. The largest absolute Gasteiger partial charge is 0.365 e. The minimum atomic E-state index is 0.0290. The van der Waals surface area contributed by atoms with Crippen molar-refractivity contribution in [3.8, 4) is 10.6 Å². The van der Waals surface area contributed by atoms with Crippen LogP contribution >= 0.6 is 11.3 Å². The van der Waals surface area contributed by atoms with E-state index in [0.717, 1.165) is 43.4 Å². The third-order valence-electron chi connectivity index (χ3n) is 4.77. The molecule has 1 amide bonds. The highest BCUT2D eigenvalue weighted by Gasteiger charge is 2.21. The first-order valence-electron chi connectivity index (χ1n) is 9.39. The number of carbonyl (C=O) groups excluding carboxylic acids is 1. The molecule has 0 radical (unpaired) electrons. The molecule has 0 aliphatic carbocycles. The highest BCUT2D eigenvalue weighted by molar-refractivity contribution is 7.13. The van der Waals surface area contributed by atoms with E-state index < -0.39 is 0 Å². The fourth-order valence-electron chi connectivity index (χ4n) is 3.25. The molecule has 146 valence electrons. The summed E-state index contributed by atoms with van der Waals surface area (Å²) in [7, 11) is 0. The van der Waals surface area contributed by atoms with Crippen molar-refractivity contribution in [2.24, 2.45) is 0 Å². The van der Waals surface area contributed by atoms with E-state index in [2.05, 4.69) is 34.3 Å². The highest BCUT2D eigenvalue weighted by atomic mass is 32.1. The molecule has 2 aromatic heterocycles. The molecule has 28 heavy (non-hydrogen) atoms. The molecule has 0 spiro atoms. The van der Waals surface area contributed by atoms with E-state index >= 15 is 0 Å². The summed E-state index contributed by atoms with van der Waals surface area (Å²) in [5.74, 6) is 0.760. The van der Waals surface area contributed by atoms with Crippen LogP contribution in [-0.2, 0) is 22.7 Å². The lowest BCUT2D eigenvalue weighted by atomic mass is 10.2. The van der Waals surface area contributed by atoms with E-state index in [9.17, 15) is 4.79 Å². The number of thiophene rings is 1. The summed E-state index contributed by atoms with van der Waals surface area (Å²) in [6.07, 6.45) is 0. The number of ether oxygens (including phenoxy) is 1. The summed E-state index contributed by atoms with van der Waals surface area (Å²) in [5, 5.41) is 6.00. The fraction of sp³-hybridized carbons (Fsp3) is 0.333. The number of nitrogens with zero attached hydrogens (tertiary/aromatic N) is 3. The number of hydrogen-bond acceptors (Lipinski definition) is 6. The van der Waals surface area contributed by atoms with Crippen LogP contribution < -0.4 is 0 Å². The second-order valence-electron chi connectivity index (χ2n) is 6.80. The van der Waals surface area contributed by atoms with Crippen molar-refractivity contribution in [2.75, 3.05) is 32.8 Å². The van der Waals surface area contributed by atoms with Gasteiger partial charge in [0.2, 0.25) is 5.91 Å². The average Bonchev–Trinajstić information content (AvgIpc) is 3.41. The Balaban J connectivity index is 1.18. The summed E-state index contributed by atoms with van der Waals surface area (Å²) < 4.78 is 10.9. The molecular weight excluding hydrogens is 374 g/mol. The van der Waals surface area contributed by atoms with Crippen molar-refractivity contribution < 1.29 is 14.1 Å². The minimum Gasteiger partial charge on any atom is -0.365 e. The molecule has 6 nitrogen and oxygen atoms in total. The summed E-state index contributed by atoms with van der Waals surface area (Å²) in [4.78, 5) is 17.7. The second-order valence-corrected chi connectivity index (χ2v) is 7.74. The molecule has 1 saturated heterocycles. The van der Waals surface area contributed by atoms with E-state index in [-0.39, 0.29) is 19.1 Å². The Morgan fingerprint density at radius 1 is 1.11 bits per heavy atom. The van der Waals surface area contributed by atoms with Crippen LogP contribution in [0.25, 0.3) is 10.6 Å². The molecule has 0 N–H and O–H groups in total. The molecule has 3 heterocycles. The van der Waals surface area contributed by atoms with Gasteiger partial charge in [0, 0.05) is 38.8 Å². The first-order valence-corrected chi connectivity index (χ1v) is 10.3. The number of amides is 1. The van der Waals surface area contributed by atoms with Crippen LogP contribution in [-0.4, -0.2) is 53.6 Å². The van der Waals surface area contributed by atoms with Crippen LogP contribution in [0.3, 0.4) is 0 Å². The standard InChI is InChI=1S/C21H23N3O3S/c25-21(16-26-15-18-13-19(27-22-18)20-7-4-12-28-20)24-10-8-23(9-11-24)14-17-5-2-1-3-6-17/h1-7,12-13H,8-11,14-16H2. The maximum Gasteiger partial charge on any atom is 0.248 e. The average molecular weight is 398 g/mol. The van der Waals surface area contributed by atoms with E-state index in [1.165, 1.54) is 5.56 Å². The van der Waals surface area contributed by atoms with Crippen molar-refractivity contribution in [1.82, 2.24) is 15.0 Å². The number of aromatic nitrogens is 1. The lowest BCUT2D eigenvalue weighted by Gasteiger charge is -2.34. The van der Waals surface area contributed by atoms with Gasteiger partial charge in [-0.2, -0.15) is 0 Å². The van der Waals surface area contributed by atoms with Crippen molar-refractivity contribution in [3.63, 3.8) is 0 Å². The summed E-state index contributed by atoms with van der Waals surface area (Å²) in [6, 6.07) is 16.2. The lowest BCUT2D eigenvalue weighted by Crippen LogP contribution is -2.49. The van der Waals surface area contributed by atoms with E-state index in [1.807, 2.05) is 34.5 Å². The van der Waals surface area contributed by atoms with Gasteiger partial charge in [-0.25, -0.2) is 0 Å². The molecule has 1 fully saturated rings. The molecule has 1 aliphatic rings. The molecule has 0 saturated carbocycles. The maximum atomic E-state index is 12.4. The smallest absolute Gasteiger partial charge is 0.248 e. The predicted molar refractivity (Wildman–Crippen MR) is 108 cm³/mol. The summed E-state index contributed by atoms with van der Waals surface area (Å²) in [5.41, 5.74) is 2.00. The Bertz CT molecular complexity index is 871.